The predicted molar refractivity (Wildman–Crippen MR) is 148 cm³/mol. The molecule has 1 fully saturated rings. The maximum atomic E-state index is 12.7. The van der Waals surface area contributed by atoms with Gasteiger partial charge in [-0.1, -0.05) is 40.2 Å². The Bertz CT molecular complexity index is 1300. The molecule has 0 aromatic heterocycles. The van der Waals surface area contributed by atoms with Crippen molar-refractivity contribution in [3.05, 3.63) is 87.4 Å². The Balaban J connectivity index is 1.29. The third-order valence-electron chi connectivity index (χ3n) is 6.49. The van der Waals surface area contributed by atoms with E-state index < -0.39 is 5.92 Å². The van der Waals surface area contributed by atoms with Gasteiger partial charge in [0.05, 0.1) is 5.92 Å². The summed E-state index contributed by atoms with van der Waals surface area (Å²) in [7, 11) is 0. The molecule has 1 aliphatic heterocycles. The first-order valence-electron chi connectivity index (χ1n) is 12.1. The molecule has 1 atom stereocenters. The summed E-state index contributed by atoms with van der Waals surface area (Å²) in [4.78, 5) is 39.4. The van der Waals surface area contributed by atoms with E-state index in [-0.39, 0.29) is 30.7 Å². The lowest BCUT2D eigenvalue weighted by atomic mass is 10.1. The molecule has 192 valence electrons. The van der Waals surface area contributed by atoms with Crippen LogP contribution < -0.4 is 20.3 Å². The van der Waals surface area contributed by atoms with Crippen molar-refractivity contribution < 1.29 is 19.1 Å². The van der Waals surface area contributed by atoms with E-state index in [1.165, 1.54) is 0 Å². The number of amides is 3. The minimum atomic E-state index is -0.401. The van der Waals surface area contributed by atoms with E-state index in [0.29, 0.717) is 24.5 Å². The topological polar surface area (TPSA) is 87.7 Å². The smallest absolute Gasteiger partial charge is 0.262 e. The summed E-state index contributed by atoms with van der Waals surface area (Å²) in [5.74, 6) is -0.360. The Morgan fingerprint density at radius 2 is 1.68 bits per heavy atom. The first-order valence-corrected chi connectivity index (χ1v) is 12.9. The molecule has 3 aromatic rings. The molecular formula is C29H30BrN3O4. The van der Waals surface area contributed by atoms with Crippen LogP contribution in [0.1, 0.15) is 28.7 Å². The molecule has 1 saturated heterocycles. The maximum absolute atomic E-state index is 12.7. The van der Waals surface area contributed by atoms with Crippen LogP contribution >= 0.6 is 15.9 Å². The van der Waals surface area contributed by atoms with Crippen molar-refractivity contribution in [3.8, 4) is 5.75 Å². The molecule has 8 heteroatoms. The van der Waals surface area contributed by atoms with Crippen LogP contribution in [0.5, 0.6) is 5.75 Å². The molecular weight excluding hydrogens is 534 g/mol. The number of nitrogens with one attached hydrogen (secondary N) is 2. The lowest BCUT2D eigenvalue weighted by Gasteiger charge is -2.17. The largest absolute Gasteiger partial charge is 0.484 e. The van der Waals surface area contributed by atoms with Gasteiger partial charge < -0.3 is 20.3 Å². The van der Waals surface area contributed by atoms with Crippen LogP contribution in [0.15, 0.2) is 65.1 Å². The number of hydrogen-bond acceptors (Lipinski definition) is 4. The van der Waals surface area contributed by atoms with E-state index in [1.807, 2.05) is 57.2 Å². The van der Waals surface area contributed by atoms with Gasteiger partial charge in [0.1, 0.15) is 5.75 Å². The molecule has 7 nitrogen and oxygen atoms in total. The zero-order chi connectivity index (χ0) is 26.5. The van der Waals surface area contributed by atoms with Crippen molar-refractivity contribution >= 4 is 45.0 Å². The Morgan fingerprint density at radius 1 is 1.00 bits per heavy atom. The Kier molecular flexibility index (Phi) is 8.28. The summed E-state index contributed by atoms with van der Waals surface area (Å²) in [5, 5.41) is 5.86. The maximum Gasteiger partial charge on any atom is 0.262 e. The van der Waals surface area contributed by atoms with Crippen molar-refractivity contribution in [2.75, 3.05) is 23.4 Å². The summed E-state index contributed by atoms with van der Waals surface area (Å²) in [6, 6.07) is 18.8. The fourth-order valence-corrected chi connectivity index (χ4v) is 5.11. The molecule has 0 bridgehead atoms. The number of halogens is 1. The first-order chi connectivity index (χ1) is 17.7. The van der Waals surface area contributed by atoms with Gasteiger partial charge in [0.25, 0.3) is 5.91 Å². The lowest BCUT2D eigenvalue weighted by Crippen LogP contribution is -2.32. The molecule has 2 N–H and O–H groups in total. The first kappa shape index (κ1) is 26.4. The van der Waals surface area contributed by atoms with Crippen LogP contribution in [0.4, 0.5) is 11.4 Å². The fraction of sp³-hybridized carbons (Fsp3) is 0.276. The number of hydrogen-bond donors (Lipinski definition) is 2. The van der Waals surface area contributed by atoms with Gasteiger partial charge in [-0.3, -0.25) is 14.4 Å². The average Bonchev–Trinajstić information content (AvgIpc) is 3.26. The van der Waals surface area contributed by atoms with Crippen molar-refractivity contribution in [1.29, 1.82) is 0 Å². The van der Waals surface area contributed by atoms with Gasteiger partial charge in [0, 0.05) is 35.4 Å². The number of nitrogens with zero attached hydrogens (tertiary/aromatic N) is 1. The van der Waals surface area contributed by atoms with Crippen molar-refractivity contribution in [3.63, 3.8) is 0 Å². The van der Waals surface area contributed by atoms with Gasteiger partial charge in [0.15, 0.2) is 6.61 Å². The molecule has 4 rings (SSSR count). The molecule has 3 amide bonds. The number of benzene rings is 3. The van der Waals surface area contributed by atoms with Crippen LogP contribution in [0.3, 0.4) is 0 Å². The highest BCUT2D eigenvalue weighted by molar-refractivity contribution is 9.10. The Morgan fingerprint density at radius 3 is 2.35 bits per heavy atom. The zero-order valence-electron chi connectivity index (χ0n) is 21.1. The minimum Gasteiger partial charge on any atom is -0.484 e. The summed E-state index contributed by atoms with van der Waals surface area (Å²) in [6.45, 7) is 6.51. The molecule has 1 aliphatic rings. The van der Waals surface area contributed by atoms with E-state index in [2.05, 4.69) is 26.6 Å². The fourth-order valence-electron chi connectivity index (χ4n) is 4.42. The highest BCUT2D eigenvalue weighted by Crippen LogP contribution is 2.28. The number of rotatable bonds is 8. The van der Waals surface area contributed by atoms with Gasteiger partial charge >= 0.3 is 0 Å². The van der Waals surface area contributed by atoms with Crippen LogP contribution in [0, 0.1) is 26.7 Å². The number of anilines is 2. The molecule has 0 radical (unpaired) electrons. The van der Waals surface area contributed by atoms with Gasteiger partial charge in [0.2, 0.25) is 11.8 Å². The lowest BCUT2D eigenvalue weighted by molar-refractivity contribution is -0.126. The second kappa shape index (κ2) is 11.6. The second-order valence-electron chi connectivity index (χ2n) is 9.30. The van der Waals surface area contributed by atoms with Crippen molar-refractivity contribution in [2.45, 2.75) is 33.7 Å². The summed E-state index contributed by atoms with van der Waals surface area (Å²) < 4.78 is 6.60. The third-order valence-corrected chi connectivity index (χ3v) is 6.95. The highest BCUT2D eigenvalue weighted by atomic mass is 79.9. The van der Waals surface area contributed by atoms with Crippen LogP contribution in [-0.4, -0.2) is 30.9 Å². The SMILES string of the molecule is Cc1ccccc1CNC(=O)[C@@H]1CC(=O)N(c2ccc(OCC(=O)Nc3c(C)cc(Br)cc3C)cc2)C1. The normalized spacial score (nSPS) is 15.0. The van der Waals surface area contributed by atoms with Crippen molar-refractivity contribution in [2.24, 2.45) is 5.92 Å². The van der Waals surface area contributed by atoms with Crippen LogP contribution in [0.25, 0.3) is 0 Å². The predicted octanol–water partition coefficient (Wildman–Crippen LogP) is 5.06. The van der Waals surface area contributed by atoms with E-state index >= 15 is 0 Å². The van der Waals surface area contributed by atoms with E-state index in [9.17, 15) is 14.4 Å². The standard InChI is InChI=1S/C29H30BrN3O4/c1-18-6-4-5-7-21(18)15-31-29(36)22-14-27(35)33(16-22)24-8-10-25(11-9-24)37-17-26(34)32-28-19(2)12-23(30)13-20(28)3/h4-13,22H,14-17H2,1-3H3,(H,31,36)(H,32,34)/t22-/m1/s1. The quantitative estimate of drug-likeness (QED) is 0.401. The van der Waals surface area contributed by atoms with E-state index in [4.69, 9.17) is 4.74 Å². The average molecular weight is 564 g/mol. The second-order valence-corrected chi connectivity index (χ2v) is 10.2. The molecule has 1 heterocycles. The summed E-state index contributed by atoms with van der Waals surface area (Å²) in [6.07, 6.45) is 0.174. The van der Waals surface area contributed by atoms with E-state index in [1.54, 1.807) is 29.2 Å². The third kappa shape index (κ3) is 6.57. The monoisotopic (exact) mass is 563 g/mol. The molecule has 0 saturated carbocycles. The number of ether oxygens (including phenoxy) is 1. The molecule has 3 aromatic carbocycles. The van der Waals surface area contributed by atoms with E-state index in [0.717, 1.165) is 32.4 Å². The molecule has 0 unspecified atom stereocenters. The van der Waals surface area contributed by atoms with Crippen molar-refractivity contribution in [1.82, 2.24) is 5.32 Å². The Hall–Kier alpha value is -3.65. The van der Waals surface area contributed by atoms with Gasteiger partial charge in [-0.2, -0.15) is 0 Å². The molecule has 0 spiro atoms. The van der Waals surface area contributed by atoms with Gasteiger partial charge in [-0.15, -0.1) is 0 Å². The zero-order valence-corrected chi connectivity index (χ0v) is 22.7. The van der Waals surface area contributed by atoms with Crippen LogP contribution in [-0.2, 0) is 20.9 Å². The highest BCUT2D eigenvalue weighted by Gasteiger charge is 2.35. The van der Waals surface area contributed by atoms with Gasteiger partial charge in [-0.25, -0.2) is 0 Å². The number of aryl methyl sites for hydroxylation is 3. The summed E-state index contributed by atoms with van der Waals surface area (Å²) >= 11 is 3.46. The minimum absolute atomic E-state index is 0.0932. The molecule has 37 heavy (non-hydrogen) atoms. The van der Waals surface area contributed by atoms with Gasteiger partial charge in [-0.05, 0) is 79.4 Å². The number of carbonyl (C=O) groups excluding carboxylic acids is 3. The number of carbonyl (C=O) groups is 3. The summed E-state index contributed by atoms with van der Waals surface area (Å²) in [5.41, 5.74) is 5.56. The molecule has 0 aliphatic carbocycles. The Labute approximate surface area is 225 Å². The van der Waals surface area contributed by atoms with Crippen LogP contribution in [0.2, 0.25) is 0 Å².